The van der Waals surface area contributed by atoms with E-state index in [1.54, 1.807) is 13.2 Å². The maximum Gasteiger partial charge on any atom is 0.170 e. The van der Waals surface area contributed by atoms with E-state index < -0.39 is 0 Å². The first-order valence-electron chi connectivity index (χ1n) is 10.0. The monoisotopic (exact) mass is 474 g/mol. The standard InChI is InChI=1S/C23H24Cl2N4OS/c1-14-13-16(15(2)29(14)19-9-6-7-17(24)20(19)25)22-21(18-8-4-5-10-26-18)27-23(31)28(22)11-12-30-3/h4-10,13,21-22H,11-12H2,1-3H3,(H,27,31)/t21-,22-/m0/s1. The van der Waals surface area contributed by atoms with Gasteiger partial charge in [0, 0.05) is 31.2 Å². The molecule has 0 amide bonds. The van der Waals surface area contributed by atoms with Crippen molar-refractivity contribution in [3.63, 3.8) is 0 Å². The summed E-state index contributed by atoms with van der Waals surface area (Å²) in [4.78, 5) is 6.79. The first-order chi connectivity index (χ1) is 14.9. The lowest BCUT2D eigenvalue weighted by Crippen LogP contribution is -2.32. The highest BCUT2D eigenvalue weighted by Gasteiger charge is 2.41. The molecule has 0 spiro atoms. The van der Waals surface area contributed by atoms with Gasteiger partial charge in [-0.1, -0.05) is 35.3 Å². The van der Waals surface area contributed by atoms with E-state index in [-0.39, 0.29) is 12.1 Å². The van der Waals surface area contributed by atoms with Crippen molar-refractivity contribution in [2.24, 2.45) is 0 Å². The smallest absolute Gasteiger partial charge is 0.170 e. The fourth-order valence-corrected chi connectivity index (χ4v) is 5.01. The van der Waals surface area contributed by atoms with Gasteiger partial charge in [0.15, 0.2) is 5.11 Å². The molecule has 2 atom stereocenters. The highest BCUT2D eigenvalue weighted by molar-refractivity contribution is 7.80. The molecule has 0 bridgehead atoms. The predicted octanol–water partition coefficient (Wildman–Crippen LogP) is 5.41. The minimum Gasteiger partial charge on any atom is -0.383 e. The number of ether oxygens (including phenoxy) is 1. The Balaban J connectivity index is 1.84. The summed E-state index contributed by atoms with van der Waals surface area (Å²) in [7, 11) is 1.70. The van der Waals surface area contributed by atoms with Crippen molar-refractivity contribution in [1.82, 2.24) is 19.8 Å². The molecular formula is C23H24Cl2N4OS. The molecule has 31 heavy (non-hydrogen) atoms. The Morgan fingerprint density at radius 1 is 1.16 bits per heavy atom. The number of nitrogens with one attached hydrogen (secondary N) is 1. The number of methoxy groups -OCH3 is 1. The van der Waals surface area contributed by atoms with Gasteiger partial charge in [0.1, 0.15) is 0 Å². The molecule has 3 aromatic rings. The molecule has 1 N–H and O–H groups in total. The summed E-state index contributed by atoms with van der Waals surface area (Å²) in [6.45, 7) is 5.43. The van der Waals surface area contributed by atoms with Crippen molar-refractivity contribution in [2.75, 3.05) is 20.3 Å². The van der Waals surface area contributed by atoms with Crippen molar-refractivity contribution in [3.05, 3.63) is 81.4 Å². The van der Waals surface area contributed by atoms with Crippen molar-refractivity contribution >= 4 is 40.5 Å². The molecule has 4 rings (SSSR count). The minimum atomic E-state index is -0.0747. The summed E-state index contributed by atoms with van der Waals surface area (Å²) in [5.74, 6) is 0. The Labute approximate surface area is 197 Å². The first-order valence-corrected chi connectivity index (χ1v) is 11.2. The molecule has 1 aliphatic rings. The van der Waals surface area contributed by atoms with E-state index in [0.717, 1.165) is 28.3 Å². The Morgan fingerprint density at radius 3 is 2.68 bits per heavy atom. The van der Waals surface area contributed by atoms with Gasteiger partial charge in [-0.05, 0) is 62.0 Å². The topological polar surface area (TPSA) is 42.3 Å². The van der Waals surface area contributed by atoms with Gasteiger partial charge >= 0.3 is 0 Å². The third-order valence-electron chi connectivity index (χ3n) is 5.70. The van der Waals surface area contributed by atoms with Gasteiger partial charge in [-0.15, -0.1) is 0 Å². The van der Waals surface area contributed by atoms with Gasteiger partial charge in [-0.3, -0.25) is 4.98 Å². The molecule has 3 heterocycles. The quantitative estimate of drug-likeness (QED) is 0.483. The Hall–Kier alpha value is -2.12. The molecule has 0 radical (unpaired) electrons. The van der Waals surface area contributed by atoms with Crippen molar-refractivity contribution < 1.29 is 4.74 Å². The van der Waals surface area contributed by atoms with Gasteiger partial charge in [-0.25, -0.2) is 0 Å². The summed E-state index contributed by atoms with van der Waals surface area (Å²) >= 11 is 18.6. The SMILES string of the molecule is COCCN1C(=S)N[C@@H](c2ccccn2)[C@@H]1c1cc(C)n(-c2cccc(Cl)c2Cl)c1C. The fraction of sp³-hybridized carbons (Fsp3) is 0.304. The number of pyridine rings is 1. The van der Waals surface area contributed by atoms with Crippen LogP contribution in [0.3, 0.4) is 0 Å². The van der Waals surface area contributed by atoms with Gasteiger partial charge < -0.3 is 19.5 Å². The van der Waals surface area contributed by atoms with E-state index in [0.29, 0.717) is 28.3 Å². The highest BCUT2D eigenvalue weighted by atomic mass is 35.5. The van der Waals surface area contributed by atoms with Crippen LogP contribution in [0.15, 0.2) is 48.7 Å². The van der Waals surface area contributed by atoms with Gasteiger partial charge in [0.2, 0.25) is 0 Å². The number of nitrogens with zero attached hydrogens (tertiary/aromatic N) is 3. The number of aryl methyl sites for hydroxylation is 1. The molecular weight excluding hydrogens is 451 g/mol. The summed E-state index contributed by atoms with van der Waals surface area (Å²) < 4.78 is 7.50. The summed E-state index contributed by atoms with van der Waals surface area (Å²) in [6.07, 6.45) is 1.81. The molecule has 162 valence electrons. The van der Waals surface area contributed by atoms with Crippen molar-refractivity contribution in [3.8, 4) is 5.69 Å². The summed E-state index contributed by atoms with van der Waals surface area (Å²) in [5.41, 5.74) is 5.12. The molecule has 0 unspecified atom stereocenters. The molecule has 0 aliphatic carbocycles. The first kappa shape index (κ1) is 22.1. The zero-order valence-corrected chi connectivity index (χ0v) is 19.9. The number of halogens is 2. The van der Waals surface area contributed by atoms with Crippen LogP contribution in [0.1, 0.15) is 34.7 Å². The lowest BCUT2D eigenvalue weighted by atomic mass is 9.97. The van der Waals surface area contributed by atoms with E-state index >= 15 is 0 Å². The Kier molecular flexibility index (Phi) is 6.53. The van der Waals surface area contributed by atoms with E-state index in [1.807, 2.05) is 36.5 Å². The maximum absolute atomic E-state index is 6.56. The molecule has 8 heteroatoms. The van der Waals surface area contributed by atoms with Crippen LogP contribution in [0.25, 0.3) is 5.69 Å². The third kappa shape index (κ3) is 4.05. The average molecular weight is 475 g/mol. The van der Waals surface area contributed by atoms with Crippen LogP contribution in [0.4, 0.5) is 0 Å². The van der Waals surface area contributed by atoms with Gasteiger partial charge in [0.25, 0.3) is 0 Å². The van der Waals surface area contributed by atoms with E-state index in [4.69, 9.17) is 40.2 Å². The van der Waals surface area contributed by atoms with Gasteiger partial charge in [0.05, 0.1) is 40.1 Å². The molecule has 1 saturated heterocycles. The van der Waals surface area contributed by atoms with Crippen molar-refractivity contribution in [2.45, 2.75) is 25.9 Å². The Bertz CT molecular complexity index is 1100. The normalized spacial score (nSPS) is 18.5. The molecule has 5 nitrogen and oxygen atoms in total. The maximum atomic E-state index is 6.56. The minimum absolute atomic E-state index is 0.0320. The van der Waals surface area contributed by atoms with E-state index in [2.05, 4.69) is 39.7 Å². The molecule has 1 fully saturated rings. The largest absolute Gasteiger partial charge is 0.383 e. The number of hydrogen-bond donors (Lipinski definition) is 1. The number of thiocarbonyl (C=S) groups is 1. The third-order valence-corrected chi connectivity index (χ3v) is 6.86. The van der Waals surface area contributed by atoms with E-state index in [1.165, 1.54) is 0 Å². The predicted molar refractivity (Wildman–Crippen MR) is 129 cm³/mol. The molecule has 0 saturated carbocycles. The zero-order valence-electron chi connectivity index (χ0n) is 17.6. The van der Waals surface area contributed by atoms with Crippen LogP contribution in [0, 0.1) is 13.8 Å². The van der Waals surface area contributed by atoms with Crippen LogP contribution < -0.4 is 5.32 Å². The summed E-state index contributed by atoms with van der Waals surface area (Å²) in [6, 6.07) is 13.7. The number of aromatic nitrogens is 2. The van der Waals surface area contributed by atoms with Crippen LogP contribution in [0.5, 0.6) is 0 Å². The van der Waals surface area contributed by atoms with Crippen molar-refractivity contribution in [1.29, 1.82) is 0 Å². The number of benzene rings is 1. The highest BCUT2D eigenvalue weighted by Crippen LogP contribution is 2.42. The molecule has 1 aliphatic heterocycles. The molecule has 2 aromatic heterocycles. The van der Waals surface area contributed by atoms with Crippen LogP contribution in [-0.4, -0.2) is 39.8 Å². The number of rotatable bonds is 6. The van der Waals surface area contributed by atoms with Crippen LogP contribution in [0.2, 0.25) is 10.0 Å². The summed E-state index contributed by atoms with van der Waals surface area (Å²) in [5, 5.41) is 5.24. The Morgan fingerprint density at radius 2 is 1.97 bits per heavy atom. The second-order valence-electron chi connectivity index (χ2n) is 7.55. The average Bonchev–Trinajstić information content (AvgIpc) is 3.24. The second-order valence-corrected chi connectivity index (χ2v) is 8.72. The van der Waals surface area contributed by atoms with Crippen LogP contribution >= 0.6 is 35.4 Å². The van der Waals surface area contributed by atoms with E-state index in [9.17, 15) is 0 Å². The zero-order chi connectivity index (χ0) is 22.1. The number of hydrogen-bond acceptors (Lipinski definition) is 3. The lowest BCUT2D eigenvalue weighted by Gasteiger charge is -2.28. The fourth-order valence-electron chi connectivity index (χ4n) is 4.30. The van der Waals surface area contributed by atoms with Crippen LogP contribution in [-0.2, 0) is 4.74 Å². The van der Waals surface area contributed by atoms with Gasteiger partial charge in [-0.2, -0.15) is 0 Å². The second kappa shape index (κ2) is 9.17. The lowest BCUT2D eigenvalue weighted by molar-refractivity contribution is 0.164. The molecule has 1 aromatic carbocycles.